The van der Waals surface area contributed by atoms with Crippen molar-refractivity contribution in [1.29, 1.82) is 0 Å². The van der Waals surface area contributed by atoms with Gasteiger partial charge in [0.15, 0.2) is 5.75 Å². The Morgan fingerprint density at radius 2 is 2.22 bits per heavy atom. The summed E-state index contributed by atoms with van der Waals surface area (Å²) in [6.07, 6.45) is 1.06. The Hall–Kier alpha value is -1.88. The predicted molar refractivity (Wildman–Crippen MR) is 69.2 cm³/mol. The van der Waals surface area contributed by atoms with Gasteiger partial charge in [-0.2, -0.15) is 0 Å². The Kier molecular flexibility index (Phi) is 3.94. The zero-order valence-electron chi connectivity index (χ0n) is 9.75. The summed E-state index contributed by atoms with van der Waals surface area (Å²) in [6, 6.07) is 8.91. The number of rotatable bonds is 4. The highest BCUT2D eigenvalue weighted by Crippen LogP contribution is 2.25. The number of thioether (sulfide) groups is 1. The minimum Gasteiger partial charge on any atom is -0.502 e. The number of hydrogen-bond donors (Lipinski definition) is 1. The SMILES string of the molecule is COc1cccc(SCc2cc(=O)c(O)co2)c1. The third kappa shape index (κ3) is 3.07. The van der Waals surface area contributed by atoms with Gasteiger partial charge in [0.2, 0.25) is 5.43 Å². The first-order valence-corrected chi connectivity index (χ1v) is 6.25. The van der Waals surface area contributed by atoms with Gasteiger partial charge in [-0.25, -0.2) is 0 Å². The summed E-state index contributed by atoms with van der Waals surface area (Å²) in [7, 11) is 1.61. The van der Waals surface area contributed by atoms with Crippen LogP contribution in [0.15, 0.2) is 50.7 Å². The molecule has 0 amide bonds. The van der Waals surface area contributed by atoms with E-state index in [0.29, 0.717) is 11.5 Å². The molecule has 0 aliphatic rings. The molecule has 0 aliphatic carbocycles. The van der Waals surface area contributed by atoms with Gasteiger partial charge in [0.1, 0.15) is 17.8 Å². The van der Waals surface area contributed by atoms with Crippen LogP contribution >= 0.6 is 11.8 Å². The molecule has 2 aromatic rings. The predicted octanol–water partition coefficient (Wildman–Crippen LogP) is 2.65. The highest BCUT2D eigenvalue weighted by atomic mass is 32.2. The highest BCUT2D eigenvalue weighted by Gasteiger charge is 2.03. The van der Waals surface area contributed by atoms with E-state index in [0.717, 1.165) is 16.9 Å². The summed E-state index contributed by atoms with van der Waals surface area (Å²) < 4.78 is 10.2. The summed E-state index contributed by atoms with van der Waals surface area (Å²) >= 11 is 1.52. The van der Waals surface area contributed by atoms with Crippen molar-refractivity contribution in [3.05, 3.63) is 52.6 Å². The van der Waals surface area contributed by atoms with E-state index in [1.807, 2.05) is 24.3 Å². The van der Waals surface area contributed by atoms with Crippen molar-refractivity contribution in [1.82, 2.24) is 0 Å². The quantitative estimate of drug-likeness (QED) is 0.860. The van der Waals surface area contributed by atoms with Gasteiger partial charge >= 0.3 is 0 Å². The van der Waals surface area contributed by atoms with E-state index in [-0.39, 0.29) is 5.75 Å². The van der Waals surface area contributed by atoms with E-state index in [1.165, 1.54) is 17.8 Å². The van der Waals surface area contributed by atoms with Gasteiger partial charge < -0.3 is 14.3 Å². The van der Waals surface area contributed by atoms with Crippen LogP contribution in [0.2, 0.25) is 0 Å². The van der Waals surface area contributed by atoms with Crippen LogP contribution in [-0.4, -0.2) is 12.2 Å². The fourth-order valence-electron chi connectivity index (χ4n) is 1.36. The Labute approximate surface area is 108 Å². The lowest BCUT2D eigenvalue weighted by Crippen LogP contribution is -1.99. The van der Waals surface area contributed by atoms with Crippen molar-refractivity contribution < 1.29 is 14.3 Å². The van der Waals surface area contributed by atoms with Gasteiger partial charge in [-0.3, -0.25) is 4.79 Å². The maximum atomic E-state index is 11.2. The van der Waals surface area contributed by atoms with Crippen molar-refractivity contribution in [3.63, 3.8) is 0 Å². The Bertz CT molecular complexity index is 592. The summed E-state index contributed by atoms with van der Waals surface area (Å²) in [5.41, 5.74) is -0.428. The Morgan fingerprint density at radius 1 is 1.39 bits per heavy atom. The molecule has 1 N–H and O–H groups in total. The van der Waals surface area contributed by atoms with E-state index in [9.17, 15) is 4.79 Å². The van der Waals surface area contributed by atoms with E-state index in [4.69, 9.17) is 14.3 Å². The molecule has 1 aromatic carbocycles. The fourth-order valence-corrected chi connectivity index (χ4v) is 2.20. The average Bonchev–Trinajstić information content (AvgIpc) is 2.40. The molecule has 0 radical (unpaired) electrons. The molecule has 1 heterocycles. The molecule has 2 rings (SSSR count). The highest BCUT2D eigenvalue weighted by molar-refractivity contribution is 7.98. The molecule has 4 nitrogen and oxygen atoms in total. The Balaban J connectivity index is 2.06. The number of hydrogen-bond acceptors (Lipinski definition) is 5. The Morgan fingerprint density at radius 3 is 2.94 bits per heavy atom. The topological polar surface area (TPSA) is 59.7 Å². The first-order valence-electron chi connectivity index (χ1n) is 5.26. The van der Waals surface area contributed by atoms with Crippen molar-refractivity contribution in [2.45, 2.75) is 10.6 Å². The lowest BCUT2D eigenvalue weighted by atomic mass is 10.3. The standard InChI is InChI=1S/C13H12O4S/c1-16-9-3-2-4-11(5-9)18-8-10-6-12(14)13(15)7-17-10/h2-7,15H,8H2,1H3. The molecule has 0 bridgehead atoms. The molecule has 5 heteroatoms. The number of methoxy groups -OCH3 is 1. The molecule has 0 saturated heterocycles. The van der Waals surface area contributed by atoms with Gasteiger partial charge in [-0.15, -0.1) is 11.8 Å². The lowest BCUT2D eigenvalue weighted by Gasteiger charge is -2.04. The molecule has 0 aliphatic heterocycles. The van der Waals surface area contributed by atoms with Crippen LogP contribution in [0.3, 0.4) is 0 Å². The molecule has 0 saturated carbocycles. The molecule has 0 atom stereocenters. The van der Waals surface area contributed by atoms with Crippen LogP contribution < -0.4 is 10.2 Å². The summed E-state index contributed by atoms with van der Waals surface area (Å²) in [4.78, 5) is 12.2. The second-order valence-corrected chi connectivity index (χ2v) is 4.61. The van der Waals surface area contributed by atoms with Crippen LogP contribution in [0.4, 0.5) is 0 Å². The molecule has 0 fully saturated rings. The normalized spacial score (nSPS) is 10.3. The molecule has 0 unspecified atom stereocenters. The van der Waals surface area contributed by atoms with E-state index in [2.05, 4.69) is 0 Å². The zero-order valence-corrected chi connectivity index (χ0v) is 10.6. The molecule has 94 valence electrons. The number of ether oxygens (including phenoxy) is 1. The summed E-state index contributed by atoms with van der Waals surface area (Å²) in [5, 5.41) is 9.07. The molecular formula is C13H12O4S. The first-order chi connectivity index (χ1) is 8.69. The van der Waals surface area contributed by atoms with Crippen LogP contribution in [0.5, 0.6) is 11.5 Å². The maximum Gasteiger partial charge on any atom is 0.226 e. The smallest absolute Gasteiger partial charge is 0.226 e. The lowest BCUT2D eigenvalue weighted by molar-refractivity contribution is 0.413. The van der Waals surface area contributed by atoms with Crippen LogP contribution in [0.25, 0.3) is 0 Å². The van der Waals surface area contributed by atoms with Gasteiger partial charge in [-0.05, 0) is 18.2 Å². The molecule has 18 heavy (non-hydrogen) atoms. The van der Waals surface area contributed by atoms with Crippen molar-refractivity contribution in [3.8, 4) is 11.5 Å². The van der Waals surface area contributed by atoms with Crippen LogP contribution in [-0.2, 0) is 5.75 Å². The summed E-state index contributed by atoms with van der Waals surface area (Å²) in [6.45, 7) is 0. The van der Waals surface area contributed by atoms with E-state index < -0.39 is 5.43 Å². The van der Waals surface area contributed by atoms with Gasteiger partial charge in [0.05, 0.1) is 12.9 Å². The summed E-state index contributed by atoms with van der Waals surface area (Å²) in [5.74, 6) is 1.45. The van der Waals surface area contributed by atoms with Crippen LogP contribution in [0.1, 0.15) is 5.76 Å². The monoisotopic (exact) mass is 264 g/mol. The third-order valence-electron chi connectivity index (χ3n) is 2.29. The molecule has 0 spiro atoms. The van der Waals surface area contributed by atoms with Gasteiger partial charge in [-0.1, -0.05) is 6.07 Å². The minimum atomic E-state index is -0.428. The average molecular weight is 264 g/mol. The van der Waals surface area contributed by atoms with Crippen molar-refractivity contribution in [2.24, 2.45) is 0 Å². The van der Waals surface area contributed by atoms with Gasteiger partial charge in [0, 0.05) is 11.0 Å². The van der Waals surface area contributed by atoms with Crippen molar-refractivity contribution >= 4 is 11.8 Å². The first kappa shape index (κ1) is 12.6. The molecular weight excluding hydrogens is 252 g/mol. The second-order valence-electron chi connectivity index (χ2n) is 3.56. The molecule has 1 aromatic heterocycles. The number of benzene rings is 1. The largest absolute Gasteiger partial charge is 0.502 e. The minimum absolute atomic E-state index is 0.370. The zero-order chi connectivity index (χ0) is 13.0. The van der Waals surface area contributed by atoms with E-state index in [1.54, 1.807) is 7.11 Å². The second kappa shape index (κ2) is 5.64. The van der Waals surface area contributed by atoms with Gasteiger partial charge in [0.25, 0.3) is 0 Å². The van der Waals surface area contributed by atoms with E-state index >= 15 is 0 Å². The fraction of sp³-hybridized carbons (Fsp3) is 0.154. The van der Waals surface area contributed by atoms with Crippen LogP contribution in [0, 0.1) is 0 Å². The number of aromatic hydroxyl groups is 1. The maximum absolute atomic E-state index is 11.2. The third-order valence-corrected chi connectivity index (χ3v) is 3.30. The van der Waals surface area contributed by atoms with Crippen molar-refractivity contribution in [2.75, 3.05) is 7.11 Å².